The molecular weight excluding hydrogens is 342 g/mol. The van der Waals surface area contributed by atoms with Gasteiger partial charge in [-0.3, -0.25) is 4.90 Å². The molecule has 0 saturated carbocycles. The van der Waals surface area contributed by atoms with Crippen LogP contribution in [0, 0.1) is 0 Å². The lowest BCUT2D eigenvalue weighted by Gasteiger charge is -2.20. The molecule has 0 amide bonds. The first-order chi connectivity index (χ1) is 12.9. The lowest BCUT2D eigenvalue weighted by molar-refractivity contribution is 0.223. The van der Waals surface area contributed by atoms with Gasteiger partial charge in [0.2, 0.25) is 5.89 Å². The highest BCUT2D eigenvalue weighted by Crippen LogP contribution is 2.23. The molecule has 4 aromatic rings. The van der Waals surface area contributed by atoms with Crippen LogP contribution in [0.5, 0.6) is 0 Å². The van der Waals surface area contributed by atoms with Gasteiger partial charge in [-0.25, -0.2) is 0 Å². The van der Waals surface area contributed by atoms with Crippen LogP contribution in [0.1, 0.15) is 17.0 Å². The Balaban J connectivity index is 1.52. The number of thiophene rings is 1. The number of benzene rings is 2. The van der Waals surface area contributed by atoms with Gasteiger partial charge in [-0.2, -0.15) is 0 Å². The van der Waals surface area contributed by atoms with E-state index in [1.54, 1.807) is 11.3 Å². The second kappa shape index (κ2) is 8.08. The molecule has 0 atom stereocenters. The smallest absolute Gasteiger partial charge is 0.257 e. The summed E-state index contributed by atoms with van der Waals surface area (Å²) in [4.78, 5) is 3.32. The van der Waals surface area contributed by atoms with E-state index in [1.807, 2.05) is 29.6 Å². The van der Waals surface area contributed by atoms with Crippen molar-refractivity contribution in [2.24, 2.45) is 0 Å². The van der Waals surface area contributed by atoms with Crippen molar-refractivity contribution in [2.45, 2.75) is 19.6 Å². The number of hydrogen-bond donors (Lipinski definition) is 0. The average molecular weight is 361 g/mol. The summed E-state index contributed by atoms with van der Waals surface area (Å²) in [7, 11) is 0. The highest BCUT2D eigenvalue weighted by Gasteiger charge is 2.14. The van der Waals surface area contributed by atoms with Gasteiger partial charge in [-0.05, 0) is 22.6 Å². The van der Waals surface area contributed by atoms with E-state index in [4.69, 9.17) is 4.42 Å². The minimum absolute atomic E-state index is 0.592. The summed E-state index contributed by atoms with van der Waals surface area (Å²) in [6.07, 6.45) is 0. The van der Waals surface area contributed by atoms with Crippen molar-refractivity contribution in [3.05, 3.63) is 95.2 Å². The second-order valence-electron chi connectivity index (χ2n) is 6.09. The first-order valence-corrected chi connectivity index (χ1v) is 9.41. The van der Waals surface area contributed by atoms with E-state index >= 15 is 0 Å². The van der Waals surface area contributed by atoms with Crippen molar-refractivity contribution < 1.29 is 4.42 Å². The van der Waals surface area contributed by atoms with Crippen LogP contribution in [0.15, 0.2) is 82.6 Å². The molecule has 2 heterocycles. The third-order valence-electron chi connectivity index (χ3n) is 4.06. The normalized spacial score (nSPS) is 11.1. The number of hydrogen-bond acceptors (Lipinski definition) is 5. The molecule has 130 valence electrons. The summed E-state index contributed by atoms with van der Waals surface area (Å²) in [5, 5.41) is 10.4. The first-order valence-electron chi connectivity index (χ1n) is 8.53. The average Bonchev–Trinajstić information content (AvgIpc) is 3.35. The maximum Gasteiger partial charge on any atom is 0.257 e. The van der Waals surface area contributed by atoms with E-state index in [-0.39, 0.29) is 0 Å². The van der Waals surface area contributed by atoms with Crippen molar-refractivity contribution in [3.8, 4) is 10.8 Å². The highest BCUT2D eigenvalue weighted by molar-refractivity contribution is 7.13. The summed E-state index contributed by atoms with van der Waals surface area (Å²) in [6, 6.07) is 24.9. The van der Waals surface area contributed by atoms with Gasteiger partial charge in [0, 0.05) is 13.1 Å². The molecule has 5 heteroatoms. The predicted octanol–water partition coefficient (Wildman–Crippen LogP) is 5.00. The van der Waals surface area contributed by atoms with Crippen molar-refractivity contribution in [1.82, 2.24) is 15.1 Å². The van der Waals surface area contributed by atoms with Crippen LogP contribution in [0.3, 0.4) is 0 Å². The molecule has 0 spiro atoms. The molecule has 4 nitrogen and oxygen atoms in total. The van der Waals surface area contributed by atoms with E-state index in [0.29, 0.717) is 18.3 Å². The van der Waals surface area contributed by atoms with Crippen LogP contribution in [-0.4, -0.2) is 15.1 Å². The van der Waals surface area contributed by atoms with E-state index in [1.165, 1.54) is 11.1 Å². The fourth-order valence-corrected chi connectivity index (χ4v) is 3.50. The Hall–Kier alpha value is -2.76. The minimum Gasteiger partial charge on any atom is -0.419 e. The predicted molar refractivity (Wildman–Crippen MR) is 103 cm³/mol. The molecule has 0 bridgehead atoms. The van der Waals surface area contributed by atoms with Crippen molar-refractivity contribution >= 4 is 11.3 Å². The summed E-state index contributed by atoms with van der Waals surface area (Å²) < 4.78 is 5.88. The molecule has 0 saturated heterocycles. The number of rotatable bonds is 7. The van der Waals surface area contributed by atoms with Gasteiger partial charge in [-0.1, -0.05) is 66.7 Å². The Morgan fingerprint density at radius 1 is 0.731 bits per heavy atom. The molecule has 0 N–H and O–H groups in total. The summed E-state index contributed by atoms with van der Waals surface area (Å²) >= 11 is 1.60. The van der Waals surface area contributed by atoms with Gasteiger partial charge >= 0.3 is 0 Å². The maximum atomic E-state index is 5.88. The summed E-state index contributed by atoms with van der Waals surface area (Å²) in [6.45, 7) is 2.26. The van der Waals surface area contributed by atoms with Crippen LogP contribution in [0.25, 0.3) is 10.8 Å². The van der Waals surface area contributed by atoms with Crippen LogP contribution >= 0.6 is 11.3 Å². The lowest BCUT2D eigenvalue weighted by atomic mass is 10.1. The Kier molecular flexibility index (Phi) is 5.19. The lowest BCUT2D eigenvalue weighted by Crippen LogP contribution is -2.22. The zero-order valence-corrected chi connectivity index (χ0v) is 15.1. The van der Waals surface area contributed by atoms with Gasteiger partial charge in [0.1, 0.15) is 0 Å². The quantitative estimate of drug-likeness (QED) is 0.464. The van der Waals surface area contributed by atoms with Crippen LogP contribution in [-0.2, 0) is 19.6 Å². The van der Waals surface area contributed by atoms with Crippen molar-refractivity contribution in [2.75, 3.05) is 0 Å². The second-order valence-corrected chi connectivity index (χ2v) is 7.04. The molecule has 0 fully saturated rings. The van der Waals surface area contributed by atoms with Gasteiger partial charge in [0.25, 0.3) is 5.89 Å². The zero-order chi connectivity index (χ0) is 17.6. The molecule has 0 aliphatic heterocycles. The third-order valence-corrected chi connectivity index (χ3v) is 4.91. The van der Waals surface area contributed by atoms with Crippen molar-refractivity contribution in [3.63, 3.8) is 0 Å². The topological polar surface area (TPSA) is 42.2 Å². The molecule has 2 aromatic heterocycles. The van der Waals surface area contributed by atoms with Gasteiger partial charge in [-0.15, -0.1) is 21.5 Å². The van der Waals surface area contributed by atoms with E-state index < -0.39 is 0 Å². The third kappa shape index (κ3) is 4.25. The Bertz CT molecular complexity index is 879. The standard InChI is InChI=1S/C21H19N3OS/c1-3-8-17(9-4-1)14-24(15-18-10-5-2-6-11-18)16-20-22-23-21(25-20)19-12-7-13-26-19/h1-13H,14-16H2. The highest BCUT2D eigenvalue weighted by atomic mass is 32.1. The van der Waals surface area contributed by atoms with Crippen LogP contribution in [0.2, 0.25) is 0 Å². The first kappa shape index (κ1) is 16.7. The Morgan fingerprint density at radius 2 is 1.38 bits per heavy atom. The Labute approximate surface area is 156 Å². The number of nitrogens with zero attached hydrogens (tertiary/aromatic N) is 3. The molecule has 4 rings (SSSR count). The van der Waals surface area contributed by atoms with Crippen LogP contribution in [0.4, 0.5) is 0 Å². The van der Waals surface area contributed by atoms with Crippen LogP contribution < -0.4 is 0 Å². The van der Waals surface area contributed by atoms with Gasteiger partial charge in [0.05, 0.1) is 11.4 Å². The monoisotopic (exact) mass is 361 g/mol. The Morgan fingerprint density at radius 3 is 1.96 bits per heavy atom. The fraction of sp³-hybridized carbons (Fsp3) is 0.143. The molecule has 0 unspecified atom stereocenters. The molecule has 26 heavy (non-hydrogen) atoms. The molecule has 0 radical (unpaired) electrons. The summed E-state index contributed by atoms with van der Waals surface area (Å²) in [5.74, 6) is 1.23. The number of aromatic nitrogens is 2. The fourth-order valence-electron chi connectivity index (χ4n) is 2.86. The zero-order valence-electron chi connectivity index (χ0n) is 14.3. The molecular formula is C21H19N3OS. The van der Waals surface area contributed by atoms with Gasteiger partial charge in [0.15, 0.2) is 0 Å². The SMILES string of the molecule is c1ccc(CN(Cc2ccccc2)Cc2nnc(-c3cccs3)o2)cc1. The van der Waals surface area contributed by atoms with E-state index in [0.717, 1.165) is 18.0 Å². The van der Waals surface area contributed by atoms with Gasteiger partial charge < -0.3 is 4.42 Å². The molecule has 2 aromatic carbocycles. The van der Waals surface area contributed by atoms with Crippen molar-refractivity contribution in [1.29, 1.82) is 0 Å². The van der Waals surface area contributed by atoms with E-state index in [2.05, 4.69) is 63.6 Å². The van der Waals surface area contributed by atoms with E-state index in [9.17, 15) is 0 Å². The maximum absolute atomic E-state index is 5.88. The largest absolute Gasteiger partial charge is 0.419 e. The summed E-state index contributed by atoms with van der Waals surface area (Å²) in [5.41, 5.74) is 2.53. The minimum atomic E-state index is 0.592. The molecule has 0 aliphatic rings. The molecule has 0 aliphatic carbocycles.